The van der Waals surface area contributed by atoms with Gasteiger partial charge >= 0.3 is 12.1 Å². The summed E-state index contributed by atoms with van der Waals surface area (Å²) in [4.78, 5) is 34.1. The van der Waals surface area contributed by atoms with Gasteiger partial charge in [0, 0.05) is 12.1 Å². The van der Waals surface area contributed by atoms with Crippen LogP contribution in [-0.2, 0) is 9.53 Å². The molecule has 0 aromatic heterocycles. The Morgan fingerprint density at radius 2 is 1.83 bits per heavy atom. The second-order valence-electron chi connectivity index (χ2n) is 6.16. The first-order valence-electron chi connectivity index (χ1n) is 7.58. The van der Waals surface area contributed by atoms with Crippen LogP contribution in [-0.4, -0.2) is 28.6 Å². The van der Waals surface area contributed by atoms with E-state index < -0.39 is 28.6 Å². The fraction of sp³-hybridized carbons (Fsp3) is 0.500. The van der Waals surface area contributed by atoms with Crippen molar-refractivity contribution in [2.24, 2.45) is 0 Å². The van der Waals surface area contributed by atoms with Crippen molar-refractivity contribution in [2.45, 2.75) is 52.2 Å². The highest BCUT2D eigenvalue weighted by Crippen LogP contribution is 2.18. The number of carbonyl (C=O) groups excluding carboxylic acids is 2. The van der Waals surface area contributed by atoms with Gasteiger partial charge in [0.25, 0.3) is 5.69 Å². The van der Waals surface area contributed by atoms with Gasteiger partial charge in [-0.1, -0.05) is 13.3 Å². The van der Waals surface area contributed by atoms with Gasteiger partial charge in [-0.25, -0.2) is 9.59 Å². The lowest BCUT2D eigenvalue weighted by Crippen LogP contribution is -2.45. The highest BCUT2D eigenvalue weighted by atomic mass is 16.6. The second-order valence-corrected chi connectivity index (χ2v) is 6.16. The summed E-state index contributed by atoms with van der Waals surface area (Å²) in [5, 5.41) is 13.1. The number of ether oxygens (including phenoxy) is 2. The van der Waals surface area contributed by atoms with Crippen molar-refractivity contribution in [3.63, 3.8) is 0 Å². The van der Waals surface area contributed by atoms with Gasteiger partial charge in [-0.05, 0) is 39.3 Å². The maximum absolute atomic E-state index is 12.2. The number of nitrogens with zero attached hydrogens (tertiary/aromatic N) is 1. The number of nitro groups is 1. The average Bonchev–Trinajstić information content (AvgIpc) is 2.45. The van der Waals surface area contributed by atoms with Crippen molar-refractivity contribution in [2.75, 3.05) is 0 Å². The molecule has 1 rings (SSSR count). The molecule has 1 aromatic rings. The van der Waals surface area contributed by atoms with E-state index in [1.54, 1.807) is 20.8 Å². The lowest BCUT2D eigenvalue weighted by Gasteiger charge is -2.22. The third-order valence-corrected chi connectivity index (χ3v) is 2.82. The molecule has 0 fully saturated rings. The summed E-state index contributed by atoms with van der Waals surface area (Å²) in [7, 11) is 0. The van der Waals surface area contributed by atoms with E-state index in [9.17, 15) is 19.7 Å². The minimum Gasteiger partial charge on any atom is -0.444 e. The molecule has 132 valence electrons. The molecule has 8 heteroatoms. The summed E-state index contributed by atoms with van der Waals surface area (Å²) in [6, 6.07) is 4.26. The molecule has 1 amide bonds. The summed E-state index contributed by atoms with van der Waals surface area (Å²) >= 11 is 0. The van der Waals surface area contributed by atoms with Crippen LogP contribution >= 0.6 is 0 Å². The van der Waals surface area contributed by atoms with Crippen LogP contribution in [0.3, 0.4) is 0 Å². The van der Waals surface area contributed by atoms with E-state index in [0.717, 1.165) is 0 Å². The Bertz CT molecular complexity index is 592. The third kappa shape index (κ3) is 6.64. The highest BCUT2D eigenvalue weighted by molar-refractivity contribution is 5.83. The van der Waals surface area contributed by atoms with E-state index in [4.69, 9.17) is 9.47 Å². The van der Waals surface area contributed by atoms with E-state index >= 15 is 0 Å². The Hall–Kier alpha value is -2.64. The lowest BCUT2D eigenvalue weighted by molar-refractivity contribution is -0.384. The van der Waals surface area contributed by atoms with Crippen LogP contribution in [0.1, 0.15) is 40.5 Å². The predicted molar refractivity (Wildman–Crippen MR) is 86.8 cm³/mol. The average molecular weight is 338 g/mol. The molecule has 24 heavy (non-hydrogen) atoms. The number of hydrogen-bond donors (Lipinski definition) is 1. The molecule has 1 N–H and O–H groups in total. The number of rotatable bonds is 6. The van der Waals surface area contributed by atoms with Crippen LogP contribution in [0, 0.1) is 10.1 Å². The molecule has 0 aliphatic rings. The second kappa shape index (κ2) is 8.28. The molecule has 0 spiro atoms. The normalized spacial score (nSPS) is 12.2. The molecular weight excluding hydrogens is 316 g/mol. The minimum atomic E-state index is -0.861. The summed E-state index contributed by atoms with van der Waals surface area (Å²) in [5.74, 6) is -0.491. The van der Waals surface area contributed by atoms with Crippen LogP contribution in [0.4, 0.5) is 10.5 Å². The van der Waals surface area contributed by atoms with Crippen molar-refractivity contribution in [1.29, 1.82) is 0 Å². The van der Waals surface area contributed by atoms with Gasteiger partial charge in [-0.2, -0.15) is 0 Å². The molecule has 0 saturated heterocycles. The number of amides is 1. The molecular formula is C16H22N2O6. The smallest absolute Gasteiger partial charge is 0.408 e. The van der Waals surface area contributed by atoms with Crippen molar-refractivity contribution in [3.05, 3.63) is 34.4 Å². The van der Waals surface area contributed by atoms with Crippen molar-refractivity contribution >= 4 is 17.7 Å². The number of benzene rings is 1. The zero-order chi connectivity index (χ0) is 18.3. The first-order chi connectivity index (χ1) is 11.1. The molecule has 0 saturated carbocycles. The standard InChI is InChI=1S/C16H22N2O6/c1-5-6-13(17-15(20)24-16(2,3)4)14(19)23-12-9-7-11(8-10-12)18(21)22/h7-10,13H,5-6H2,1-4H3,(H,17,20)/t13-/m0/s1. The molecule has 0 aliphatic heterocycles. The van der Waals surface area contributed by atoms with Crippen LogP contribution in [0.15, 0.2) is 24.3 Å². The van der Waals surface area contributed by atoms with E-state index in [1.807, 2.05) is 6.92 Å². The van der Waals surface area contributed by atoms with Gasteiger partial charge in [0.2, 0.25) is 0 Å². The van der Waals surface area contributed by atoms with Gasteiger partial charge in [-0.3, -0.25) is 10.1 Å². The Morgan fingerprint density at radius 1 is 1.25 bits per heavy atom. The maximum atomic E-state index is 12.2. The molecule has 1 aromatic carbocycles. The molecule has 8 nitrogen and oxygen atoms in total. The van der Waals surface area contributed by atoms with Crippen molar-refractivity contribution in [3.8, 4) is 5.75 Å². The van der Waals surface area contributed by atoms with E-state index in [-0.39, 0.29) is 11.4 Å². The maximum Gasteiger partial charge on any atom is 0.408 e. The van der Waals surface area contributed by atoms with Gasteiger partial charge < -0.3 is 14.8 Å². The Kier molecular flexibility index (Phi) is 6.69. The van der Waals surface area contributed by atoms with Crippen LogP contribution < -0.4 is 10.1 Å². The fourth-order valence-corrected chi connectivity index (χ4v) is 1.81. The molecule has 0 heterocycles. The number of non-ortho nitro benzene ring substituents is 1. The first kappa shape index (κ1) is 19.4. The number of carbonyl (C=O) groups is 2. The molecule has 0 unspecified atom stereocenters. The zero-order valence-corrected chi connectivity index (χ0v) is 14.2. The summed E-state index contributed by atoms with van der Waals surface area (Å²) in [6.07, 6.45) is 0.322. The fourth-order valence-electron chi connectivity index (χ4n) is 1.81. The third-order valence-electron chi connectivity index (χ3n) is 2.82. The molecule has 0 aliphatic carbocycles. The van der Waals surface area contributed by atoms with Crippen LogP contribution in [0.25, 0.3) is 0 Å². The van der Waals surface area contributed by atoms with Gasteiger partial charge in [0.05, 0.1) is 4.92 Å². The summed E-state index contributed by atoms with van der Waals surface area (Å²) in [6.45, 7) is 7.02. The zero-order valence-electron chi connectivity index (χ0n) is 14.2. The van der Waals surface area contributed by atoms with E-state index in [2.05, 4.69) is 5.32 Å². The minimum absolute atomic E-state index is 0.105. The number of esters is 1. The monoisotopic (exact) mass is 338 g/mol. The van der Waals surface area contributed by atoms with Crippen LogP contribution in [0.5, 0.6) is 5.75 Å². The van der Waals surface area contributed by atoms with Gasteiger partial charge in [0.15, 0.2) is 0 Å². The SMILES string of the molecule is CCC[C@H](NC(=O)OC(C)(C)C)C(=O)Oc1ccc([N+](=O)[O-])cc1. The topological polar surface area (TPSA) is 108 Å². The Labute approximate surface area is 140 Å². The molecule has 0 bridgehead atoms. The largest absolute Gasteiger partial charge is 0.444 e. The predicted octanol–water partition coefficient (Wildman–Crippen LogP) is 3.19. The van der Waals surface area contributed by atoms with Crippen molar-refractivity contribution in [1.82, 2.24) is 5.32 Å². The van der Waals surface area contributed by atoms with E-state index in [0.29, 0.717) is 12.8 Å². The number of alkyl carbamates (subject to hydrolysis) is 1. The summed E-state index contributed by atoms with van der Waals surface area (Å²) < 4.78 is 10.3. The Balaban J connectivity index is 2.72. The quantitative estimate of drug-likeness (QED) is 0.369. The number of nitrogens with one attached hydrogen (secondary N) is 1. The van der Waals surface area contributed by atoms with E-state index in [1.165, 1.54) is 24.3 Å². The summed E-state index contributed by atoms with van der Waals surface area (Å²) in [5.41, 5.74) is -0.782. The first-order valence-corrected chi connectivity index (χ1v) is 7.58. The van der Waals surface area contributed by atoms with Crippen LogP contribution in [0.2, 0.25) is 0 Å². The van der Waals surface area contributed by atoms with Gasteiger partial charge in [0.1, 0.15) is 17.4 Å². The number of hydrogen-bond acceptors (Lipinski definition) is 6. The molecule has 0 radical (unpaired) electrons. The highest BCUT2D eigenvalue weighted by Gasteiger charge is 2.25. The number of nitro benzene ring substituents is 1. The van der Waals surface area contributed by atoms with Crippen molar-refractivity contribution < 1.29 is 24.0 Å². The lowest BCUT2D eigenvalue weighted by atomic mass is 10.1. The molecule has 1 atom stereocenters. The Morgan fingerprint density at radius 3 is 2.29 bits per heavy atom. The van der Waals surface area contributed by atoms with Gasteiger partial charge in [-0.15, -0.1) is 0 Å².